The molecule has 0 spiro atoms. The number of nitrogens with zero attached hydrogens (tertiary/aromatic N) is 1. The summed E-state index contributed by atoms with van der Waals surface area (Å²) in [5.74, 6) is -0.434. The SMILES string of the molecule is O=C(Nc1ccc(SCC(=O)N2CCc3ccccc32)cc1)/C(=C/c1cccc(Br)c1)NC(=O)c1ccccc1. The summed E-state index contributed by atoms with van der Waals surface area (Å²) >= 11 is 4.90. The molecule has 8 heteroatoms. The van der Waals surface area contributed by atoms with Gasteiger partial charge >= 0.3 is 0 Å². The Morgan fingerprint density at radius 1 is 0.875 bits per heavy atom. The molecule has 0 bridgehead atoms. The van der Waals surface area contributed by atoms with Crippen LogP contribution in [-0.4, -0.2) is 30.0 Å². The molecule has 5 rings (SSSR count). The van der Waals surface area contributed by atoms with E-state index < -0.39 is 5.91 Å². The second-order valence-electron chi connectivity index (χ2n) is 9.12. The highest BCUT2D eigenvalue weighted by atomic mass is 79.9. The molecule has 0 saturated heterocycles. The second kappa shape index (κ2) is 12.8. The molecule has 0 unspecified atom stereocenters. The molecule has 200 valence electrons. The Hall–Kier alpha value is -4.14. The van der Waals surface area contributed by atoms with E-state index in [1.807, 2.05) is 65.6 Å². The summed E-state index contributed by atoms with van der Waals surface area (Å²) in [6, 6.07) is 31.5. The lowest BCUT2D eigenvalue weighted by atomic mass is 10.1. The maximum Gasteiger partial charge on any atom is 0.272 e. The lowest BCUT2D eigenvalue weighted by Crippen LogP contribution is -2.30. The molecule has 4 aromatic carbocycles. The molecule has 0 fully saturated rings. The largest absolute Gasteiger partial charge is 0.321 e. The highest BCUT2D eigenvalue weighted by molar-refractivity contribution is 9.10. The van der Waals surface area contributed by atoms with E-state index in [-0.39, 0.29) is 17.5 Å². The zero-order valence-corrected chi connectivity index (χ0v) is 23.9. The molecule has 2 N–H and O–H groups in total. The average molecular weight is 613 g/mol. The van der Waals surface area contributed by atoms with Gasteiger partial charge in [-0.15, -0.1) is 11.8 Å². The Balaban J connectivity index is 1.24. The van der Waals surface area contributed by atoms with E-state index in [0.29, 0.717) is 23.5 Å². The smallest absolute Gasteiger partial charge is 0.272 e. The maximum absolute atomic E-state index is 13.3. The van der Waals surface area contributed by atoms with Crippen molar-refractivity contribution in [2.45, 2.75) is 11.3 Å². The number of nitrogens with one attached hydrogen (secondary N) is 2. The summed E-state index contributed by atoms with van der Waals surface area (Å²) < 4.78 is 0.857. The van der Waals surface area contributed by atoms with Crippen LogP contribution >= 0.6 is 27.7 Å². The highest BCUT2D eigenvalue weighted by Gasteiger charge is 2.24. The summed E-state index contributed by atoms with van der Waals surface area (Å²) in [4.78, 5) is 41.7. The molecule has 4 aromatic rings. The molecule has 0 saturated carbocycles. The zero-order chi connectivity index (χ0) is 27.9. The normalized spacial score (nSPS) is 12.5. The van der Waals surface area contributed by atoms with Crippen LogP contribution in [0.15, 0.2) is 118 Å². The number of rotatable bonds is 8. The van der Waals surface area contributed by atoms with Gasteiger partial charge in [0.2, 0.25) is 5.91 Å². The summed E-state index contributed by atoms with van der Waals surface area (Å²) in [5, 5.41) is 5.61. The van der Waals surface area contributed by atoms with Crippen LogP contribution in [0.3, 0.4) is 0 Å². The monoisotopic (exact) mass is 611 g/mol. The maximum atomic E-state index is 13.3. The number of thioether (sulfide) groups is 1. The molecule has 1 aliphatic rings. The van der Waals surface area contributed by atoms with E-state index in [1.54, 1.807) is 42.5 Å². The van der Waals surface area contributed by atoms with Crippen molar-refractivity contribution in [3.05, 3.63) is 130 Å². The molecular weight excluding hydrogens is 586 g/mol. The zero-order valence-electron chi connectivity index (χ0n) is 21.5. The van der Waals surface area contributed by atoms with Crippen molar-refractivity contribution in [3.8, 4) is 0 Å². The number of halogens is 1. The lowest BCUT2D eigenvalue weighted by Gasteiger charge is -2.17. The van der Waals surface area contributed by atoms with Gasteiger partial charge in [-0.2, -0.15) is 0 Å². The Morgan fingerprint density at radius 3 is 2.40 bits per heavy atom. The van der Waals surface area contributed by atoms with Crippen LogP contribution < -0.4 is 15.5 Å². The fourth-order valence-electron chi connectivity index (χ4n) is 4.36. The van der Waals surface area contributed by atoms with Gasteiger partial charge in [-0.3, -0.25) is 14.4 Å². The van der Waals surface area contributed by atoms with Gasteiger partial charge in [0.25, 0.3) is 11.8 Å². The molecule has 1 heterocycles. The predicted molar refractivity (Wildman–Crippen MR) is 164 cm³/mol. The summed E-state index contributed by atoms with van der Waals surface area (Å²) in [6.07, 6.45) is 2.51. The van der Waals surface area contributed by atoms with Crippen LogP contribution in [0.25, 0.3) is 6.08 Å². The summed E-state index contributed by atoms with van der Waals surface area (Å²) in [7, 11) is 0. The van der Waals surface area contributed by atoms with E-state index in [2.05, 4.69) is 32.6 Å². The van der Waals surface area contributed by atoms with E-state index in [1.165, 1.54) is 17.3 Å². The number of fused-ring (bicyclic) bond motifs is 1. The first kappa shape index (κ1) is 27.4. The number of hydrogen-bond acceptors (Lipinski definition) is 4. The predicted octanol–water partition coefficient (Wildman–Crippen LogP) is 6.54. The molecule has 40 heavy (non-hydrogen) atoms. The number of anilines is 2. The van der Waals surface area contributed by atoms with Gasteiger partial charge in [-0.05, 0) is 78.2 Å². The molecule has 1 aliphatic heterocycles. The van der Waals surface area contributed by atoms with E-state index in [4.69, 9.17) is 0 Å². The summed E-state index contributed by atoms with van der Waals surface area (Å²) in [5.41, 5.74) is 4.09. The van der Waals surface area contributed by atoms with E-state index in [0.717, 1.165) is 27.0 Å². The third-order valence-corrected chi connectivity index (χ3v) is 7.84. The fourth-order valence-corrected chi connectivity index (χ4v) is 5.55. The van der Waals surface area contributed by atoms with Crippen LogP contribution in [0.4, 0.5) is 11.4 Å². The first-order valence-corrected chi connectivity index (χ1v) is 14.5. The van der Waals surface area contributed by atoms with Crippen molar-refractivity contribution in [2.75, 3.05) is 22.5 Å². The minimum absolute atomic E-state index is 0.0730. The standard InChI is InChI=1S/C32H26BrN3O3S/c33-25-11-6-7-22(19-25)20-28(35-31(38)24-9-2-1-3-10-24)32(39)34-26-13-15-27(16-14-26)40-21-30(37)36-18-17-23-8-4-5-12-29(23)36/h1-16,19-20H,17-18,21H2,(H,34,39)(H,35,38)/b28-20-. The fraction of sp³-hybridized carbons (Fsp3) is 0.0938. The van der Waals surface area contributed by atoms with Gasteiger partial charge in [0.05, 0.1) is 5.75 Å². The topological polar surface area (TPSA) is 78.5 Å². The molecule has 6 nitrogen and oxygen atoms in total. The van der Waals surface area contributed by atoms with Crippen LogP contribution in [-0.2, 0) is 16.0 Å². The molecule has 0 radical (unpaired) electrons. The van der Waals surface area contributed by atoms with Crippen molar-refractivity contribution >= 4 is 62.9 Å². The van der Waals surface area contributed by atoms with Gasteiger partial charge in [0.15, 0.2) is 0 Å². The number of amides is 3. The molecule has 0 aromatic heterocycles. The highest BCUT2D eigenvalue weighted by Crippen LogP contribution is 2.29. The average Bonchev–Trinajstić information content (AvgIpc) is 3.41. The second-order valence-corrected chi connectivity index (χ2v) is 11.1. The first-order valence-electron chi connectivity index (χ1n) is 12.7. The van der Waals surface area contributed by atoms with Crippen LogP contribution in [0, 0.1) is 0 Å². The van der Waals surface area contributed by atoms with Crippen molar-refractivity contribution in [1.29, 1.82) is 0 Å². The Kier molecular flexibility index (Phi) is 8.78. The third-order valence-electron chi connectivity index (χ3n) is 6.35. The van der Waals surface area contributed by atoms with Gasteiger partial charge in [0, 0.05) is 32.9 Å². The van der Waals surface area contributed by atoms with E-state index in [9.17, 15) is 14.4 Å². The van der Waals surface area contributed by atoms with Crippen molar-refractivity contribution < 1.29 is 14.4 Å². The van der Waals surface area contributed by atoms with Crippen LogP contribution in [0.5, 0.6) is 0 Å². The minimum Gasteiger partial charge on any atom is -0.321 e. The van der Waals surface area contributed by atoms with Gasteiger partial charge in [-0.1, -0.05) is 64.5 Å². The summed E-state index contributed by atoms with van der Waals surface area (Å²) in [6.45, 7) is 0.709. The van der Waals surface area contributed by atoms with Crippen LogP contribution in [0.2, 0.25) is 0 Å². The number of carbonyl (C=O) groups excluding carboxylic acids is 3. The van der Waals surface area contributed by atoms with Gasteiger partial charge < -0.3 is 15.5 Å². The molecule has 0 atom stereocenters. The minimum atomic E-state index is -0.451. The van der Waals surface area contributed by atoms with Crippen molar-refractivity contribution in [3.63, 3.8) is 0 Å². The first-order chi connectivity index (χ1) is 19.5. The lowest BCUT2D eigenvalue weighted by molar-refractivity contribution is -0.116. The van der Waals surface area contributed by atoms with Crippen molar-refractivity contribution in [2.24, 2.45) is 0 Å². The Bertz CT molecular complexity index is 1570. The molecule has 0 aliphatic carbocycles. The number of para-hydroxylation sites is 1. The van der Waals surface area contributed by atoms with Gasteiger partial charge in [0.1, 0.15) is 5.70 Å². The quantitative estimate of drug-likeness (QED) is 0.175. The van der Waals surface area contributed by atoms with Crippen molar-refractivity contribution in [1.82, 2.24) is 5.32 Å². The number of hydrogen-bond donors (Lipinski definition) is 2. The molecule has 3 amide bonds. The Labute approximate surface area is 245 Å². The molecular formula is C32H26BrN3O3S. The third kappa shape index (κ3) is 6.89. The van der Waals surface area contributed by atoms with E-state index >= 15 is 0 Å². The number of benzene rings is 4. The van der Waals surface area contributed by atoms with Gasteiger partial charge in [-0.25, -0.2) is 0 Å². The Morgan fingerprint density at radius 2 is 1.62 bits per heavy atom. The number of carbonyl (C=O) groups is 3. The van der Waals surface area contributed by atoms with Crippen LogP contribution in [0.1, 0.15) is 21.5 Å².